The third-order valence-electron chi connectivity index (χ3n) is 5.55. The van der Waals surface area contributed by atoms with Crippen molar-refractivity contribution < 1.29 is 19.1 Å². The topological polar surface area (TPSA) is 57.6 Å². The van der Waals surface area contributed by atoms with Crippen LogP contribution in [0.2, 0.25) is 0 Å². The summed E-state index contributed by atoms with van der Waals surface area (Å²) in [5, 5.41) is 10.4. The number of aromatic hydroxyl groups is 1. The predicted molar refractivity (Wildman–Crippen MR) is 110 cm³/mol. The van der Waals surface area contributed by atoms with Crippen LogP contribution in [-0.2, 0) is 9.59 Å². The Morgan fingerprint density at radius 3 is 2.38 bits per heavy atom. The predicted octanol–water partition coefficient (Wildman–Crippen LogP) is 4.66. The lowest BCUT2D eigenvalue weighted by Gasteiger charge is -2.42. The molecule has 0 bridgehead atoms. The highest BCUT2D eigenvalue weighted by Gasteiger charge is 2.73. The first kappa shape index (κ1) is 19.7. The number of halogens is 3. The van der Waals surface area contributed by atoms with Crippen molar-refractivity contribution in [3.05, 3.63) is 84.2 Å². The largest absolute Gasteiger partial charge is 0.508 e. The number of fused-ring (bicyclic) bond motifs is 1. The van der Waals surface area contributed by atoms with Gasteiger partial charge < -0.3 is 5.11 Å². The third kappa shape index (κ3) is 2.57. The van der Waals surface area contributed by atoms with E-state index in [2.05, 4.69) is 6.58 Å². The summed E-state index contributed by atoms with van der Waals surface area (Å²) in [5.74, 6) is -2.91. The first-order valence-electron chi connectivity index (χ1n) is 8.88. The Balaban J connectivity index is 1.94. The molecule has 1 saturated heterocycles. The molecule has 1 aliphatic carbocycles. The van der Waals surface area contributed by atoms with Gasteiger partial charge in [0.25, 0.3) is 11.8 Å². The highest BCUT2D eigenvalue weighted by Crippen LogP contribution is 2.60. The zero-order valence-electron chi connectivity index (χ0n) is 15.1. The molecule has 4 nitrogen and oxygen atoms in total. The summed E-state index contributed by atoms with van der Waals surface area (Å²) >= 11 is 13.7. The number of phenolic OH excluding ortho intramolecular Hbond substituents is 1. The zero-order chi connectivity index (χ0) is 21.0. The number of hydrogen-bond donors (Lipinski definition) is 1. The first-order valence-corrected chi connectivity index (χ1v) is 9.64. The van der Waals surface area contributed by atoms with Crippen molar-refractivity contribution in [1.82, 2.24) is 0 Å². The van der Waals surface area contributed by atoms with Crippen molar-refractivity contribution in [3.63, 3.8) is 0 Å². The van der Waals surface area contributed by atoms with E-state index in [-0.39, 0.29) is 17.9 Å². The molecule has 0 radical (unpaired) electrons. The molecule has 2 amide bonds. The fourth-order valence-electron chi connectivity index (χ4n) is 4.10. The van der Waals surface area contributed by atoms with Crippen molar-refractivity contribution >= 4 is 40.7 Å². The van der Waals surface area contributed by atoms with E-state index < -0.39 is 33.3 Å². The maximum Gasteiger partial charge on any atom is 0.258 e. The molecular weight excluding hydrogens is 416 g/mol. The Morgan fingerprint density at radius 2 is 1.76 bits per heavy atom. The monoisotopic (exact) mass is 431 g/mol. The van der Waals surface area contributed by atoms with Gasteiger partial charge in [-0.2, -0.15) is 0 Å². The molecule has 2 aliphatic rings. The van der Waals surface area contributed by atoms with Crippen LogP contribution in [0, 0.1) is 5.82 Å². The number of benzene rings is 2. The number of alkyl halides is 2. The summed E-state index contributed by atoms with van der Waals surface area (Å²) in [5.41, 5.74) is 1.12. The van der Waals surface area contributed by atoms with E-state index in [0.29, 0.717) is 11.1 Å². The van der Waals surface area contributed by atoms with Crippen LogP contribution >= 0.6 is 23.2 Å². The summed E-state index contributed by atoms with van der Waals surface area (Å²) in [6.07, 6.45) is 3.25. The highest BCUT2D eigenvalue weighted by atomic mass is 35.5. The van der Waals surface area contributed by atoms with Gasteiger partial charge in [0.2, 0.25) is 0 Å². The summed E-state index contributed by atoms with van der Waals surface area (Å²) < 4.78 is 13.4. The summed E-state index contributed by atoms with van der Waals surface area (Å²) in [6.45, 7) is 3.79. The van der Waals surface area contributed by atoms with Gasteiger partial charge in [0.05, 0.1) is 5.69 Å². The normalized spacial score (nSPS) is 28.9. The Hall–Kier alpha value is -2.63. The second-order valence-electron chi connectivity index (χ2n) is 7.04. The SMILES string of the molecule is C=CC1=CC[C@@]2(Cl)C(=O)N(c3ccc(F)cc3)C(=O)[C@@]2(Cl)[C@H]1c1ccccc1O. The molecule has 0 spiro atoms. The van der Waals surface area contributed by atoms with E-state index in [4.69, 9.17) is 23.2 Å². The lowest BCUT2D eigenvalue weighted by molar-refractivity contribution is -0.122. The first-order chi connectivity index (χ1) is 13.8. The summed E-state index contributed by atoms with van der Waals surface area (Å²) in [6, 6.07) is 11.4. The minimum Gasteiger partial charge on any atom is -0.508 e. The van der Waals surface area contributed by atoms with Gasteiger partial charge in [-0.1, -0.05) is 36.9 Å². The van der Waals surface area contributed by atoms with Crippen molar-refractivity contribution in [2.24, 2.45) is 0 Å². The van der Waals surface area contributed by atoms with Crippen LogP contribution in [0.25, 0.3) is 0 Å². The van der Waals surface area contributed by atoms with Gasteiger partial charge in [-0.05, 0) is 42.3 Å². The number of rotatable bonds is 3. The number of amides is 2. The molecule has 4 rings (SSSR count). The van der Waals surface area contributed by atoms with Gasteiger partial charge >= 0.3 is 0 Å². The van der Waals surface area contributed by atoms with Crippen LogP contribution in [0.15, 0.2) is 72.8 Å². The fraction of sp³-hybridized carbons (Fsp3) is 0.182. The quantitative estimate of drug-likeness (QED) is 0.567. The van der Waals surface area contributed by atoms with Gasteiger partial charge in [-0.15, -0.1) is 23.2 Å². The molecule has 1 heterocycles. The number of para-hydroxylation sites is 1. The smallest absolute Gasteiger partial charge is 0.258 e. The average molecular weight is 432 g/mol. The number of imide groups is 1. The number of carbonyl (C=O) groups is 2. The Morgan fingerprint density at radius 1 is 1.10 bits per heavy atom. The van der Waals surface area contributed by atoms with Gasteiger partial charge in [-0.25, -0.2) is 9.29 Å². The van der Waals surface area contributed by atoms with Gasteiger partial charge in [0.15, 0.2) is 9.75 Å². The maximum absolute atomic E-state index is 13.6. The Bertz CT molecular complexity index is 1070. The third-order valence-corrected chi connectivity index (χ3v) is 6.96. The van der Waals surface area contributed by atoms with E-state index in [1.807, 2.05) is 0 Å². The maximum atomic E-state index is 13.6. The minimum atomic E-state index is -1.91. The van der Waals surface area contributed by atoms with Crippen LogP contribution in [-0.4, -0.2) is 26.7 Å². The van der Waals surface area contributed by atoms with Gasteiger partial charge in [0.1, 0.15) is 11.6 Å². The van der Waals surface area contributed by atoms with Crippen LogP contribution in [0.5, 0.6) is 5.75 Å². The molecule has 0 saturated carbocycles. The molecule has 0 aromatic heterocycles. The highest BCUT2D eigenvalue weighted by molar-refractivity contribution is 6.58. The molecule has 0 unspecified atom stereocenters. The molecule has 7 heteroatoms. The van der Waals surface area contributed by atoms with E-state index >= 15 is 0 Å². The number of allylic oxidation sites excluding steroid dienone is 3. The molecule has 1 aliphatic heterocycles. The summed E-state index contributed by atoms with van der Waals surface area (Å²) in [4.78, 5) is 24.1. The molecule has 1 N–H and O–H groups in total. The number of carbonyl (C=O) groups excluding carboxylic acids is 2. The van der Waals surface area contributed by atoms with Gasteiger partial charge in [-0.3, -0.25) is 9.59 Å². The van der Waals surface area contributed by atoms with Crippen LogP contribution < -0.4 is 4.90 Å². The number of nitrogens with zero attached hydrogens (tertiary/aromatic N) is 1. The minimum absolute atomic E-state index is 0.00573. The van der Waals surface area contributed by atoms with Crippen LogP contribution in [0.4, 0.5) is 10.1 Å². The Kier molecular flexibility index (Phi) is 4.56. The number of hydrogen-bond acceptors (Lipinski definition) is 3. The molecular formula is C22H16Cl2FNO3. The lowest BCUT2D eigenvalue weighted by atomic mass is 9.68. The van der Waals surface area contributed by atoms with E-state index in [9.17, 15) is 19.1 Å². The molecule has 3 atom stereocenters. The van der Waals surface area contributed by atoms with Gasteiger partial charge in [0, 0.05) is 11.5 Å². The molecule has 148 valence electrons. The molecule has 1 fully saturated rings. The van der Waals surface area contributed by atoms with E-state index in [1.165, 1.54) is 24.3 Å². The van der Waals surface area contributed by atoms with E-state index in [1.54, 1.807) is 24.3 Å². The van der Waals surface area contributed by atoms with E-state index in [0.717, 1.165) is 17.0 Å². The Labute approximate surface area is 176 Å². The zero-order valence-corrected chi connectivity index (χ0v) is 16.6. The number of anilines is 1. The van der Waals surface area contributed by atoms with Crippen LogP contribution in [0.3, 0.4) is 0 Å². The van der Waals surface area contributed by atoms with Crippen molar-refractivity contribution in [2.45, 2.75) is 22.1 Å². The second kappa shape index (κ2) is 6.71. The van der Waals surface area contributed by atoms with Crippen molar-refractivity contribution in [1.29, 1.82) is 0 Å². The molecule has 2 aromatic rings. The van der Waals surface area contributed by atoms with Crippen molar-refractivity contribution in [3.8, 4) is 5.75 Å². The molecule has 29 heavy (non-hydrogen) atoms. The summed E-state index contributed by atoms with van der Waals surface area (Å²) in [7, 11) is 0. The standard InChI is InChI=1S/C22H16Cl2FNO3/c1-2-13-11-12-21(23)19(28)26(15-9-7-14(25)8-10-15)20(29)22(21,24)18(13)16-5-3-4-6-17(16)27/h2-11,18,27H,1,12H2/t18-,21-,22+/m1/s1. The van der Waals surface area contributed by atoms with Crippen molar-refractivity contribution in [2.75, 3.05) is 4.90 Å². The van der Waals surface area contributed by atoms with Crippen LogP contribution in [0.1, 0.15) is 17.9 Å². The molecule has 2 aromatic carbocycles. The fourth-order valence-corrected chi connectivity index (χ4v) is 4.94. The average Bonchev–Trinajstić information content (AvgIpc) is 2.86. The number of phenols is 1. The second-order valence-corrected chi connectivity index (χ2v) is 8.28. The lowest BCUT2D eigenvalue weighted by Crippen LogP contribution is -2.54.